The number of hydrogen-bond donors (Lipinski definition) is 0. The molecule has 2 aliphatic carbocycles. The van der Waals surface area contributed by atoms with Crippen LogP contribution in [0.15, 0.2) is 45.7 Å². The first-order valence-electron chi connectivity index (χ1n) is 10.3. The van der Waals surface area contributed by atoms with Gasteiger partial charge in [0, 0.05) is 0 Å². The van der Waals surface area contributed by atoms with Crippen molar-refractivity contribution in [2.75, 3.05) is 0 Å². The first kappa shape index (κ1) is 20.5. The zero-order valence-electron chi connectivity index (χ0n) is 18.3. The second kappa shape index (κ2) is 7.43. The first-order valence-corrected chi connectivity index (χ1v) is 13.4. The molecule has 0 heterocycles. The lowest BCUT2D eigenvalue weighted by atomic mass is 10.0. The Hall–Kier alpha value is -0.823. The Labute approximate surface area is 158 Å². The fraction of sp³-hybridized carbons (Fsp3) is 0.667. The Morgan fingerprint density at radius 1 is 0.800 bits per heavy atom. The van der Waals surface area contributed by atoms with Crippen molar-refractivity contribution in [2.24, 2.45) is 23.7 Å². The molecule has 25 heavy (non-hydrogen) atoms. The van der Waals surface area contributed by atoms with Crippen LogP contribution < -0.4 is 0 Å². The maximum absolute atomic E-state index is 2.64. The molecular weight excluding hydrogens is 316 g/mol. The summed E-state index contributed by atoms with van der Waals surface area (Å²) >= 11 is 0. The maximum atomic E-state index is 2.64. The molecule has 2 aliphatic rings. The van der Waals surface area contributed by atoms with Gasteiger partial charge in [-0.3, -0.25) is 0 Å². The molecule has 0 spiro atoms. The predicted molar refractivity (Wildman–Crippen MR) is 116 cm³/mol. The number of rotatable bonds is 6. The zero-order chi connectivity index (χ0) is 19.1. The van der Waals surface area contributed by atoms with Gasteiger partial charge in [0.05, 0.1) is 8.07 Å². The molecule has 1 atom stereocenters. The standard InChI is InChI=1S/C24H40Si/c1-15(2)19-11-21(17(5)6)23(13-19)25(9,10)24-14-20(16(3)4)12-22(24)18(7)8/h11-13,15-18,23H,14H2,1-10H3. The predicted octanol–water partition coefficient (Wildman–Crippen LogP) is 7.72. The van der Waals surface area contributed by atoms with Crippen molar-refractivity contribution in [2.45, 2.75) is 80.4 Å². The molecule has 0 fully saturated rings. The molecule has 0 aromatic heterocycles. The van der Waals surface area contributed by atoms with E-state index in [2.05, 4.69) is 86.7 Å². The van der Waals surface area contributed by atoms with Gasteiger partial charge in [0.15, 0.2) is 0 Å². The van der Waals surface area contributed by atoms with Gasteiger partial charge in [-0.25, -0.2) is 0 Å². The molecule has 0 radical (unpaired) electrons. The van der Waals surface area contributed by atoms with E-state index >= 15 is 0 Å². The van der Waals surface area contributed by atoms with E-state index in [4.69, 9.17) is 0 Å². The minimum atomic E-state index is -1.58. The van der Waals surface area contributed by atoms with Gasteiger partial charge in [0.25, 0.3) is 0 Å². The molecular formula is C24H40Si. The van der Waals surface area contributed by atoms with Crippen LogP contribution in [0.5, 0.6) is 0 Å². The lowest BCUT2D eigenvalue weighted by Gasteiger charge is -2.36. The second-order valence-electron chi connectivity index (χ2n) is 9.96. The highest BCUT2D eigenvalue weighted by Crippen LogP contribution is 2.49. The minimum Gasteiger partial charge on any atom is -0.0762 e. The van der Waals surface area contributed by atoms with E-state index in [1.54, 1.807) is 22.3 Å². The van der Waals surface area contributed by atoms with Crippen molar-refractivity contribution in [3.63, 3.8) is 0 Å². The summed E-state index contributed by atoms with van der Waals surface area (Å²) in [6.07, 6.45) is 8.97. The molecule has 0 nitrogen and oxygen atoms in total. The summed E-state index contributed by atoms with van der Waals surface area (Å²) in [5.41, 5.74) is 7.24. The highest BCUT2D eigenvalue weighted by molar-refractivity contribution is 6.87. The highest BCUT2D eigenvalue weighted by Gasteiger charge is 2.42. The summed E-state index contributed by atoms with van der Waals surface area (Å²) in [4.78, 5) is 0. The molecule has 0 saturated heterocycles. The lowest BCUT2D eigenvalue weighted by Crippen LogP contribution is -2.36. The van der Waals surface area contributed by atoms with Gasteiger partial charge in [-0.15, -0.1) is 0 Å². The van der Waals surface area contributed by atoms with Gasteiger partial charge in [-0.05, 0) is 46.8 Å². The van der Waals surface area contributed by atoms with Crippen LogP contribution in [0.25, 0.3) is 0 Å². The maximum Gasteiger partial charge on any atom is 0.0872 e. The van der Waals surface area contributed by atoms with E-state index in [0.717, 1.165) is 0 Å². The van der Waals surface area contributed by atoms with E-state index in [1.807, 2.05) is 5.20 Å². The fourth-order valence-corrected chi connectivity index (χ4v) is 8.45. The molecule has 2 rings (SSSR count). The van der Waals surface area contributed by atoms with E-state index < -0.39 is 8.07 Å². The van der Waals surface area contributed by atoms with E-state index in [0.29, 0.717) is 29.2 Å². The monoisotopic (exact) mass is 356 g/mol. The average molecular weight is 357 g/mol. The summed E-state index contributed by atoms with van der Waals surface area (Å²) in [5, 5.41) is 1.82. The summed E-state index contributed by atoms with van der Waals surface area (Å²) in [6, 6.07) is 0. The number of allylic oxidation sites excluding steroid dienone is 8. The van der Waals surface area contributed by atoms with Crippen molar-refractivity contribution in [1.29, 1.82) is 0 Å². The molecule has 0 aromatic carbocycles. The molecule has 1 unspecified atom stereocenters. The van der Waals surface area contributed by atoms with Crippen LogP contribution in [-0.2, 0) is 0 Å². The van der Waals surface area contributed by atoms with Crippen molar-refractivity contribution >= 4 is 8.07 Å². The molecule has 0 saturated carbocycles. The summed E-state index contributed by atoms with van der Waals surface area (Å²) in [5.74, 6) is 2.59. The minimum absolute atomic E-state index is 0.634. The van der Waals surface area contributed by atoms with Crippen LogP contribution in [0.2, 0.25) is 18.6 Å². The fourth-order valence-electron chi connectivity index (χ4n) is 4.45. The van der Waals surface area contributed by atoms with Crippen LogP contribution >= 0.6 is 0 Å². The van der Waals surface area contributed by atoms with E-state index in [9.17, 15) is 0 Å². The third-order valence-corrected chi connectivity index (χ3v) is 10.5. The van der Waals surface area contributed by atoms with Gasteiger partial charge in [-0.1, -0.05) is 103 Å². The van der Waals surface area contributed by atoms with Crippen molar-refractivity contribution < 1.29 is 0 Å². The van der Waals surface area contributed by atoms with Gasteiger partial charge in [-0.2, -0.15) is 0 Å². The van der Waals surface area contributed by atoms with Crippen LogP contribution in [-0.4, -0.2) is 8.07 Å². The van der Waals surface area contributed by atoms with Crippen molar-refractivity contribution in [1.82, 2.24) is 0 Å². The van der Waals surface area contributed by atoms with Crippen molar-refractivity contribution in [3.8, 4) is 0 Å². The quantitative estimate of drug-likeness (QED) is 0.427. The van der Waals surface area contributed by atoms with Crippen LogP contribution in [0.1, 0.15) is 61.8 Å². The van der Waals surface area contributed by atoms with Gasteiger partial charge < -0.3 is 0 Å². The molecule has 140 valence electrons. The normalized spacial score (nSPS) is 21.8. The largest absolute Gasteiger partial charge is 0.0872 e. The summed E-state index contributed by atoms with van der Waals surface area (Å²) in [7, 11) is -1.58. The zero-order valence-corrected chi connectivity index (χ0v) is 19.3. The first-order chi connectivity index (χ1) is 11.5. The summed E-state index contributed by atoms with van der Waals surface area (Å²) in [6.45, 7) is 24.2. The highest BCUT2D eigenvalue weighted by atomic mass is 28.3. The lowest BCUT2D eigenvalue weighted by molar-refractivity contribution is 0.739. The third-order valence-electron chi connectivity index (χ3n) is 6.37. The second-order valence-corrected chi connectivity index (χ2v) is 14.6. The van der Waals surface area contributed by atoms with Gasteiger partial charge in [0.2, 0.25) is 0 Å². The average Bonchev–Trinajstić information content (AvgIpc) is 3.12. The van der Waals surface area contributed by atoms with Gasteiger partial charge >= 0.3 is 0 Å². The van der Waals surface area contributed by atoms with E-state index in [-0.39, 0.29) is 0 Å². The molecule has 0 aliphatic heterocycles. The molecule has 1 heteroatoms. The molecule has 0 bridgehead atoms. The Morgan fingerprint density at radius 3 is 1.84 bits per heavy atom. The Bertz CT molecular complexity index is 633. The van der Waals surface area contributed by atoms with Crippen LogP contribution in [0, 0.1) is 23.7 Å². The van der Waals surface area contributed by atoms with E-state index in [1.165, 1.54) is 6.42 Å². The van der Waals surface area contributed by atoms with Crippen LogP contribution in [0.3, 0.4) is 0 Å². The molecule has 0 amide bonds. The Morgan fingerprint density at radius 2 is 1.40 bits per heavy atom. The summed E-state index contributed by atoms with van der Waals surface area (Å²) < 4.78 is 0. The topological polar surface area (TPSA) is 0 Å². The third kappa shape index (κ3) is 3.97. The van der Waals surface area contributed by atoms with Gasteiger partial charge in [0.1, 0.15) is 0 Å². The SMILES string of the molecule is CC(C)C1=CC([Si](C)(C)C2=C(C(C)C)C=C(C(C)C)C2)C(C(C)C)=C1. The molecule has 0 aromatic rings. The Kier molecular flexibility index (Phi) is 6.09. The van der Waals surface area contributed by atoms with Crippen molar-refractivity contribution in [3.05, 3.63) is 45.7 Å². The Balaban J connectivity index is 2.47. The smallest absolute Gasteiger partial charge is 0.0762 e. The van der Waals surface area contributed by atoms with Crippen LogP contribution in [0.4, 0.5) is 0 Å². The number of hydrogen-bond acceptors (Lipinski definition) is 0. The molecule has 0 N–H and O–H groups in total.